The van der Waals surface area contributed by atoms with Gasteiger partial charge in [0.15, 0.2) is 6.10 Å². The number of carbonyl (C=O) groups excluding carboxylic acids is 1. The highest BCUT2D eigenvalue weighted by Crippen LogP contribution is 2.42. The number of anilines is 1. The molecule has 3 aliphatic rings. The number of benzene rings is 2. The van der Waals surface area contributed by atoms with E-state index in [2.05, 4.69) is 74.2 Å². The van der Waals surface area contributed by atoms with Gasteiger partial charge < -0.3 is 23.8 Å². The van der Waals surface area contributed by atoms with E-state index in [1.165, 1.54) is 12.7 Å². The number of piperidine rings is 1. The summed E-state index contributed by atoms with van der Waals surface area (Å²) in [5, 5.41) is 5.12. The molecule has 8 heteroatoms. The number of aromatic nitrogens is 2. The summed E-state index contributed by atoms with van der Waals surface area (Å²) in [4.78, 5) is 15.8. The highest BCUT2D eigenvalue weighted by atomic mass is 16.6. The van der Waals surface area contributed by atoms with Gasteiger partial charge in [-0.25, -0.2) is 9.31 Å². The van der Waals surface area contributed by atoms with Crippen LogP contribution in [0.15, 0.2) is 54.7 Å². The second-order valence-electron chi connectivity index (χ2n) is 14.9. The third kappa shape index (κ3) is 7.25. The molecule has 256 valence electrons. The number of carbonyl (C=O) groups is 1. The van der Waals surface area contributed by atoms with Gasteiger partial charge in [0.25, 0.3) is 0 Å². The Morgan fingerprint density at radius 1 is 1.04 bits per heavy atom. The lowest BCUT2D eigenvalue weighted by Gasteiger charge is -2.42. The normalized spacial score (nSPS) is 21.1. The van der Waals surface area contributed by atoms with E-state index in [1.54, 1.807) is 0 Å². The number of rotatable bonds is 3. The van der Waals surface area contributed by atoms with Gasteiger partial charge in [0.2, 0.25) is 0 Å². The Bertz CT molecular complexity index is 1780. The fourth-order valence-electron chi connectivity index (χ4n) is 7.03. The fraction of sp³-hybridized carbons (Fsp3) is 0.500. The molecule has 0 N–H and O–H groups in total. The van der Waals surface area contributed by atoms with Gasteiger partial charge in [0, 0.05) is 42.6 Å². The quantitative estimate of drug-likeness (QED) is 0.205. The number of ether oxygens (including phenoxy) is 4. The number of aryl methyl sites for hydroxylation is 2. The van der Waals surface area contributed by atoms with Crippen LogP contribution in [-0.4, -0.2) is 59.7 Å². The standard InChI is InChI=1S/C40H51N3O5/c1-26-15-16-34-31(22-26)29-13-11-14-30(23-29)32-24-33-36(42-19-17-40(7,18-20-42)46-21-10-9-12-28(3)47-34)35(27(2)25-43(33)41-32)37(38(44)45-8)48-39(4,5)6/h11,13-16,22-25,28,37H,9-10,12,17-21H2,1-8H3/t28-,37-/m0/s1. The Labute approximate surface area is 285 Å². The average molecular weight is 654 g/mol. The minimum atomic E-state index is -0.895. The van der Waals surface area contributed by atoms with Crippen LogP contribution in [0.2, 0.25) is 0 Å². The first-order valence-electron chi connectivity index (χ1n) is 17.4. The SMILES string of the molecule is COC(=O)[C@@H](OC(C)(C)C)c1c(C)cn2nc3cc2c1N1CCC(C)(CC1)OCCCC[C@H](C)Oc1ccc(C)cc1-c1cccc-3c1. The summed E-state index contributed by atoms with van der Waals surface area (Å²) < 4.78 is 26.9. The van der Waals surface area contributed by atoms with Crippen molar-refractivity contribution in [3.05, 3.63) is 71.4 Å². The van der Waals surface area contributed by atoms with Gasteiger partial charge >= 0.3 is 5.97 Å². The van der Waals surface area contributed by atoms with Crippen molar-refractivity contribution in [2.75, 3.05) is 31.7 Å². The molecule has 1 saturated heterocycles. The van der Waals surface area contributed by atoms with Crippen molar-refractivity contribution in [1.82, 2.24) is 9.61 Å². The summed E-state index contributed by atoms with van der Waals surface area (Å²) in [5.74, 6) is 0.474. The van der Waals surface area contributed by atoms with E-state index in [-0.39, 0.29) is 11.7 Å². The van der Waals surface area contributed by atoms with Crippen LogP contribution < -0.4 is 9.64 Å². The van der Waals surface area contributed by atoms with Gasteiger partial charge in [-0.1, -0.05) is 29.8 Å². The summed E-state index contributed by atoms with van der Waals surface area (Å²) in [6.07, 6.45) is 5.92. The lowest BCUT2D eigenvalue weighted by molar-refractivity contribution is -0.164. The Morgan fingerprint density at radius 3 is 2.52 bits per heavy atom. The maximum Gasteiger partial charge on any atom is 0.339 e. The molecule has 0 spiro atoms. The van der Waals surface area contributed by atoms with Crippen LogP contribution in [0.25, 0.3) is 27.9 Å². The first-order chi connectivity index (χ1) is 22.8. The lowest BCUT2D eigenvalue weighted by Crippen LogP contribution is -2.45. The molecule has 2 aromatic carbocycles. The molecule has 0 unspecified atom stereocenters. The average Bonchev–Trinajstić information content (AvgIpc) is 3.47. The maximum atomic E-state index is 13.4. The molecule has 8 nitrogen and oxygen atoms in total. The van der Waals surface area contributed by atoms with E-state index >= 15 is 0 Å². The third-order valence-corrected chi connectivity index (χ3v) is 9.65. The number of fused-ring (bicyclic) bond motifs is 8. The van der Waals surface area contributed by atoms with Crippen molar-refractivity contribution in [1.29, 1.82) is 0 Å². The zero-order chi connectivity index (χ0) is 34.2. The van der Waals surface area contributed by atoms with Crippen molar-refractivity contribution < 1.29 is 23.7 Å². The van der Waals surface area contributed by atoms with Crippen LogP contribution in [0.1, 0.15) is 89.5 Å². The molecular weight excluding hydrogens is 602 g/mol. The molecule has 1 fully saturated rings. The lowest BCUT2D eigenvalue weighted by atomic mass is 9.91. The smallest absolute Gasteiger partial charge is 0.339 e. The van der Waals surface area contributed by atoms with Crippen molar-refractivity contribution in [3.63, 3.8) is 0 Å². The number of esters is 1. The van der Waals surface area contributed by atoms with Gasteiger partial charge in [-0.2, -0.15) is 5.10 Å². The van der Waals surface area contributed by atoms with Crippen molar-refractivity contribution in [3.8, 4) is 28.1 Å². The molecule has 7 rings (SSSR count). The molecule has 6 bridgehead atoms. The van der Waals surface area contributed by atoms with Crippen LogP contribution in [0.5, 0.6) is 5.75 Å². The van der Waals surface area contributed by atoms with Crippen LogP contribution in [0.3, 0.4) is 0 Å². The summed E-state index contributed by atoms with van der Waals surface area (Å²) in [5.41, 5.74) is 8.02. The van der Waals surface area contributed by atoms with E-state index in [1.807, 2.05) is 38.4 Å². The van der Waals surface area contributed by atoms with Gasteiger partial charge in [-0.15, -0.1) is 0 Å². The number of nitrogens with zero attached hydrogens (tertiary/aromatic N) is 3. The zero-order valence-electron chi connectivity index (χ0n) is 29.9. The summed E-state index contributed by atoms with van der Waals surface area (Å²) in [6.45, 7) is 16.7. The predicted molar refractivity (Wildman–Crippen MR) is 191 cm³/mol. The zero-order valence-corrected chi connectivity index (χ0v) is 29.9. The Balaban J connectivity index is 1.54. The van der Waals surface area contributed by atoms with Gasteiger partial charge in [0.05, 0.1) is 41.3 Å². The van der Waals surface area contributed by atoms with E-state index in [0.717, 1.165) is 102 Å². The van der Waals surface area contributed by atoms with E-state index in [4.69, 9.17) is 24.0 Å². The van der Waals surface area contributed by atoms with Gasteiger partial charge in [-0.05, 0) is 116 Å². The topological polar surface area (TPSA) is 74.5 Å². The van der Waals surface area contributed by atoms with E-state index in [0.29, 0.717) is 0 Å². The fourth-order valence-corrected chi connectivity index (χ4v) is 7.03. The molecular formula is C40H51N3O5. The molecule has 0 saturated carbocycles. The van der Waals surface area contributed by atoms with Crippen LogP contribution in [-0.2, 0) is 19.0 Å². The number of hydrogen-bond acceptors (Lipinski definition) is 7. The summed E-state index contributed by atoms with van der Waals surface area (Å²) in [7, 11) is 1.42. The third-order valence-electron chi connectivity index (χ3n) is 9.65. The maximum absolute atomic E-state index is 13.4. The molecule has 0 radical (unpaired) electrons. The Hall–Kier alpha value is -3.88. The van der Waals surface area contributed by atoms with Crippen LogP contribution in [0.4, 0.5) is 5.69 Å². The molecule has 3 aliphatic heterocycles. The van der Waals surface area contributed by atoms with Crippen LogP contribution >= 0.6 is 0 Å². The Morgan fingerprint density at radius 2 is 1.79 bits per heavy atom. The molecule has 2 aromatic heterocycles. The van der Waals surface area contributed by atoms with Crippen LogP contribution in [0, 0.1) is 13.8 Å². The summed E-state index contributed by atoms with van der Waals surface area (Å²) >= 11 is 0. The van der Waals surface area contributed by atoms with E-state index in [9.17, 15) is 4.79 Å². The molecule has 2 atom stereocenters. The first kappa shape index (κ1) is 34.0. The monoisotopic (exact) mass is 653 g/mol. The highest BCUT2D eigenvalue weighted by molar-refractivity contribution is 5.88. The second kappa shape index (κ2) is 13.6. The first-order valence-corrected chi connectivity index (χ1v) is 17.4. The minimum absolute atomic E-state index is 0.0874. The van der Waals surface area contributed by atoms with Gasteiger partial charge in [0.1, 0.15) is 5.75 Å². The minimum Gasteiger partial charge on any atom is -0.490 e. The molecule has 5 heterocycles. The second-order valence-corrected chi connectivity index (χ2v) is 14.9. The van der Waals surface area contributed by atoms with Gasteiger partial charge in [-0.3, -0.25) is 0 Å². The Kier molecular flexibility index (Phi) is 9.60. The predicted octanol–water partition coefficient (Wildman–Crippen LogP) is 8.64. The number of methoxy groups -OCH3 is 1. The van der Waals surface area contributed by atoms with Crippen molar-refractivity contribution in [2.24, 2.45) is 0 Å². The number of hydrogen-bond donors (Lipinski definition) is 0. The van der Waals surface area contributed by atoms with Crippen molar-refractivity contribution in [2.45, 2.75) is 104 Å². The van der Waals surface area contributed by atoms with Crippen molar-refractivity contribution >= 4 is 17.2 Å². The molecule has 0 amide bonds. The van der Waals surface area contributed by atoms with E-state index < -0.39 is 17.7 Å². The largest absolute Gasteiger partial charge is 0.490 e. The molecule has 48 heavy (non-hydrogen) atoms. The molecule has 4 aromatic rings. The summed E-state index contributed by atoms with van der Waals surface area (Å²) in [6, 6.07) is 17.1. The molecule has 0 aliphatic carbocycles. The highest BCUT2D eigenvalue weighted by Gasteiger charge is 2.37. The number of pyridine rings is 1.